The molecule has 1 aliphatic heterocycles. The van der Waals surface area contributed by atoms with Crippen LogP contribution in [0.4, 0.5) is 23.2 Å². The highest BCUT2D eigenvalue weighted by molar-refractivity contribution is 6.30. The minimum Gasteiger partial charge on any atom is -0.339 e. The van der Waals surface area contributed by atoms with Crippen molar-refractivity contribution in [3.63, 3.8) is 0 Å². The molecule has 2 aromatic carbocycles. The van der Waals surface area contributed by atoms with Gasteiger partial charge in [0.05, 0.1) is 17.2 Å². The zero-order valence-electron chi connectivity index (χ0n) is 14.6. The van der Waals surface area contributed by atoms with Crippen LogP contribution in [0.1, 0.15) is 23.8 Å². The number of nitrogens with zero attached hydrogens (tertiary/aromatic N) is 3. The SMILES string of the molecule is O=C1CC(c2nc(-c3ccc(C(F)(F)F)cc3)no2)CN1c1ccc(Cl)cc1F. The predicted molar refractivity (Wildman–Crippen MR) is 95.9 cm³/mol. The first-order chi connectivity index (χ1) is 13.7. The molecule has 1 aliphatic rings. The lowest BCUT2D eigenvalue weighted by atomic mass is 10.1. The van der Waals surface area contributed by atoms with Crippen LogP contribution in [-0.4, -0.2) is 22.6 Å². The topological polar surface area (TPSA) is 59.2 Å². The monoisotopic (exact) mass is 425 g/mol. The molecule has 5 nitrogen and oxygen atoms in total. The van der Waals surface area contributed by atoms with Gasteiger partial charge in [0.15, 0.2) is 0 Å². The number of carbonyl (C=O) groups is 1. The molecule has 2 heterocycles. The molecular weight excluding hydrogens is 414 g/mol. The van der Waals surface area contributed by atoms with Crippen LogP contribution in [0.3, 0.4) is 0 Å². The van der Waals surface area contributed by atoms with E-state index in [0.29, 0.717) is 5.56 Å². The summed E-state index contributed by atoms with van der Waals surface area (Å²) in [5, 5.41) is 4.00. The number of benzene rings is 2. The van der Waals surface area contributed by atoms with Crippen molar-refractivity contribution >= 4 is 23.2 Å². The summed E-state index contributed by atoms with van der Waals surface area (Å²) < 4.78 is 57.4. The Morgan fingerprint density at radius 2 is 1.86 bits per heavy atom. The zero-order chi connectivity index (χ0) is 20.8. The minimum atomic E-state index is -4.44. The first kappa shape index (κ1) is 19.4. The van der Waals surface area contributed by atoms with Crippen LogP contribution in [0, 0.1) is 5.82 Å². The number of carbonyl (C=O) groups excluding carboxylic acids is 1. The number of hydrogen-bond acceptors (Lipinski definition) is 4. The molecule has 0 radical (unpaired) electrons. The van der Waals surface area contributed by atoms with Gasteiger partial charge in [0, 0.05) is 23.6 Å². The summed E-state index contributed by atoms with van der Waals surface area (Å²) in [5.74, 6) is -1.14. The molecule has 29 heavy (non-hydrogen) atoms. The van der Waals surface area contributed by atoms with Gasteiger partial charge in [-0.2, -0.15) is 18.2 Å². The smallest absolute Gasteiger partial charge is 0.339 e. The zero-order valence-corrected chi connectivity index (χ0v) is 15.3. The molecule has 3 aromatic rings. The van der Waals surface area contributed by atoms with Crippen molar-refractivity contribution in [2.24, 2.45) is 0 Å². The number of halogens is 5. The highest BCUT2D eigenvalue weighted by Crippen LogP contribution is 2.34. The van der Waals surface area contributed by atoms with E-state index in [1.807, 2.05) is 0 Å². The summed E-state index contributed by atoms with van der Waals surface area (Å²) in [6.07, 6.45) is -4.40. The van der Waals surface area contributed by atoms with E-state index in [-0.39, 0.29) is 41.3 Å². The van der Waals surface area contributed by atoms with Gasteiger partial charge in [-0.15, -0.1) is 0 Å². The third-order valence-corrected chi connectivity index (χ3v) is 4.82. The molecule has 1 atom stereocenters. The van der Waals surface area contributed by atoms with E-state index in [0.717, 1.165) is 18.2 Å². The third kappa shape index (κ3) is 3.82. The summed E-state index contributed by atoms with van der Waals surface area (Å²) in [4.78, 5) is 17.8. The number of hydrogen-bond donors (Lipinski definition) is 0. The average molecular weight is 426 g/mol. The van der Waals surface area contributed by atoms with Crippen LogP contribution in [0.2, 0.25) is 5.02 Å². The Hall–Kier alpha value is -2.94. The number of amides is 1. The molecule has 1 amide bonds. The molecule has 0 saturated carbocycles. The molecule has 0 spiro atoms. The van der Waals surface area contributed by atoms with E-state index in [9.17, 15) is 22.4 Å². The summed E-state index contributed by atoms with van der Waals surface area (Å²) in [6, 6.07) is 8.35. The van der Waals surface area contributed by atoms with Crippen LogP contribution in [0.5, 0.6) is 0 Å². The number of aromatic nitrogens is 2. The molecule has 0 aliphatic carbocycles. The summed E-state index contributed by atoms with van der Waals surface area (Å²) in [7, 11) is 0. The molecule has 150 valence electrons. The fraction of sp³-hybridized carbons (Fsp3) is 0.211. The molecule has 4 rings (SSSR count). The van der Waals surface area contributed by atoms with Gasteiger partial charge in [-0.05, 0) is 30.3 Å². The highest BCUT2D eigenvalue weighted by atomic mass is 35.5. The second-order valence-electron chi connectivity index (χ2n) is 6.53. The maximum atomic E-state index is 14.1. The van der Waals surface area contributed by atoms with Crippen molar-refractivity contribution in [2.75, 3.05) is 11.4 Å². The van der Waals surface area contributed by atoms with E-state index in [4.69, 9.17) is 16.1 Å². The number of anilines is 1. The van der Waals surface area contributed by atoms with Gasteiger partial charge in [0.25, 0.3) is 0 Å². The van der Waals surface area contributed by atoms with Crippen LogP contribution in [0.25, 0.3) is 11.4 Å². The predicted octanol–water partition coefficient (Wildman–Crippen LogP) is 5.07. The van der Waals surface area contributed by atoms with Gasteiger partial charge >= 0.3 is 6.18 Å². The summed E-state index contributed by atoms with van der Waals surface area (Å²) in [5.41, 5.74) is -0.339. The second kappa shape index (κ2) is 7.14. The van der Waals surface area contributed by atoms with E-state index in [2.05, 4.69) is 10.1 Å². The Balaban J connectivity index is 1.53. The van der Waals surface area contributed by atoms with Gasteiger partial charge in [-0.25, -0.2) is 4.39 Å². The first-order valence-electron chi connectivity index (χ1n) is 8.49. The lowest BCUT2D eigenvalue weighted by molar-refractivity contribution is -0.137. The first-order valence-corrected chi connectivity index (χ1v) is 8.87. The van der Waals surface area contributed by atoms with Crippen LogP contribution in [0.15, 0.2) is 47.0 Å². The largest absolute Gasteiger partial charge is 0.416 e. The Bertz CT molecular complexity index is 1070. The fourth-order valence-electron chi connectivity index (χ4n) is 3.13. The molecule has 0 bridgehead atoms. The van der Waals surface area contributed by atoms with Crippen molar-refractivity contribution in [3.05, 3.63) is 64.8 Å². The number of alkyl halides is 3. The van der Waals surface area contributed by atoms with Crippen LogP contribution < -0.4 is 4.90 Å². The van der Waals surface area contributed by atoms with Crippen LogP contribution >= 0.6 is 11.6 Å². The molecular formula is C19H12ClF4N3O2. The fourth-order valence-corrected chi connectivity index (χ4v) is 3.29. The molecule has 1 saturated heterocycles. The van der Waals surface area contributed by atoms with Crippen molar-refractivity contribution in [2.45, 2.75) is 18.5 Å². The quantitative estimate of drug-likeness (QED) is 0.550. The highest BCUT2D eigenvalue weighted by Gasteiger charge is 2.36. The Morgan fingerprint density at radius 3 is 2.52 bits per heavy atom. The summed E-state index contributed by atoms with van der Waals surface area (Å²) >= 11 is 5.74. The van der Waals surface area contributed by atoms with Gasteiger partial charge in [0.1, 0.15) is 5.82 Å². The summed E-state index contributed by atoms with van der Waals surface area (Å²) in [6.45, 7) is 0.131. The van der Waals surface area contributed by atoms with Gasteiger partial charge < -0.3 is 9.42 Å². The standard InChI is InChI=1S/C19H12ClF4N3O2/c20-13-5-6-15(14(21)8-13)27-9-11(7-16(27)28)18-25-17(26-29-18)10-1-3-12(4-2-10)19(22,23)24/h1-6,8,11H,7,9H2. The van der Waals surface area contributed by atoms with E-state index < -0.39 is 23.5 Å². The van der Waals surface area contributed by atoms with E-state index in [1.165, 1.54) is 29.2 Å². The minimum absolute atomic E-state index is 0.0384. The average Bonchev–Trinajstić information content (AvgIpc) is 3.28. The van der Waals surface area contributed by atoms with Crippen molar-refractivity contribution in [3.8, 4) is 11.4 Å². The Labute approximate surface area is 166 Å². The maximum absolute atomic E-state index is 14.1. The second-order valence-corrected chi connectivity index (χ2v) is 6.97. The van der Waals surface area contributed by atoms with E-state index in [1.54, 1.807) is 0 Å². The van der Waals surface area contributed by atoms with Crippen LogP contribution in [-0.2, 0) is 11.0 Å². The van der Waals surface area contributed by atoms with E-state index >= 15 is 0 Å². The molecule has 1 aromatic heterocycles. The molecule has 10 heteroatoms. The molecule has 1 unspecified atom stereocenters. The molecule has 0 N–H and O–H groups in total. The number of rotatable bonds is 3. The van der Waals surface area contributed by atoms with Crippen molar-refractivity contribution in [1.82, 2.24) is 10.1 Å². The van der Waals surface area contributed by atoms with Gasteiger partial charge in [-0.3, -0.25) is 4.79 Å². The third-order valence-electron chi connectivity index (χ3n) is 4.59. The van der Waals surface area contributed by atoms with Gasteiger partial charge in [-0.1, -0.05) is 28.9 Å². The van der Waals surface area contributed by atoms with Crippen molar-refractivity contribution in [1.29, 1.82) is 0 Å². The lowest BCUT2D eigenvalue weighted by Gasteiger charge is -2.16. The lowest BCUT2D eigenvalue weighted by Crippen LogP contribution is -2.25. The molecule has 1 fully saturated rings. The Kier molecular flexibility index (Phi) is 4.77. The normalized spacial score (nSPS) is 17.2. The van der Waals surface area contributed by atoms with Gasteiger partial charge in [0.2, 0.25) is 17.6 Å². The Morgan fingerprint density at radius 1 is 1.14 bits per heavy atom. The van der Waals surface area contributed by atoms with Crippen molar-refractivity contribution < 1.29 is 26.9 Å². The maximum Gasteiger partial charge on any atom is 0.416 e.